The van der Waals surface area contributed by atoms with Crippen LogP contribution < -0.4 is 0 Å². The summed E-state index contributed by atoms with van der Waals surface area (Å²) >= 11 is 0. The molecule has 0 aromatic rings. The maximum absolute atomic E-state index is 10.00. The first-order valence-electron chi connectivity index (χ1n) is 7.05. The normalized spacial score (nSPS) is 49.0. The molecule has 0 amide bonds. The molecule has 0 unspecified atom stereocenters. The van der Waals surface area contributed by atoms with Gasteiger partial charge in [0.1, 0.15) is 49.3 Å². The first-order chi connectivity index (χ1) is 10.8. The van der Waals surface area contributed by atoms with E-state index in [0.29, 0.717) is 0 Å². The molecule has 2 heterocycles. The standard InChI is InChI=1S/C12H22O11.Fe/c13-1-4-6(16)8(18)9(19)11(21-4)23-12(3-15)10(20)7(17)5(2-14)22-12;/h4-11,13-20H,1-3H2;/q;+3/t4-,5-,6-,7-,8+,9-,10+,11-,12+;/m1./s1. The Labute approximate surface area is 147 Å². The van der Waals surface area contributed by atoms with Crippen molar-refractivity contribution in [1.29, 1.82) is 0 Å². The van der Waals surface area contributed by atoms with E-state index in [0.717, 1.165) is 0 Å². The van der Waals surface area contributed by atoms with Gasteiger partial charge in [-0.3, -0.25) is 0 Å². The minimum Gasteiger partial charge on any atom is -0.394 e. The van der Waals surface area contributed by atoms with Crippen molar-refractivity contribution in [3.05, 3.63) is 0 Å². The molecule has 2 rings (SSSR count). The van der Waals surface area contributed by atoms with Crippen molar-refractivity contribution < 1.29 is 72.1 Å². The molecular formula is C12H22FeO11+3. The van der Waals surface area contributed by atoms with E-state index in [4.69, 9.17) is 24.4 Å². The largest absolute Gasteiger partial charge is 3.00 e. The fraction of sp³-hybridized carbons (Fsp3) is 1.00. The van der Waals surface area contributed by atoms with Crippen molar-refractivity contribution in [2.75, 3.05) is 19.8 Å². The quantitative estimate of drug-likeness (QED) is 0.206. The second-order valence-corrected chi connectivity index (χ2v) is 5.56. The smallest absolute Gasteiger partial charge is 0.394 e. The molecule has 2 aliphatic rings. The molecule has 2 aliphatic heterocycles. The first-order valence-corrected chi connectivity index (χ1v) is 7.05. The van der Waals surface area contributed by atoms with Crippen molar-refractivity contribution in [1.82, 2.24) is 0 Å². The Kier molecular flexibility index (Phi) is 7.97. The zero-order valence-electron chi connectivity index (χ0n) is 12.4. The molecule has 0 aliphatic carbocycles. The van der Waals surface area contributed by atoms with Gasteiger partial charge in [0.2, 0.25) is 5.79 Å². The maximum Gasteiger partial charge on any atom is 3.00 e. The number of rotatable bonds is 5. The molecule has 12 heteroatoms. The third kappa shape index (κ3) is 3.76. The van der Waals surface area contributed by atoms with Gasteiger partial charge in [-0.25, -0.2) is 0 Å². The molecule has 2 fully saturated rings. The molecule has 1 radical (unpaired) electrons. The summed E-state index contributed by atoms with van der Waals surface area (Å²) in [6.07, 6.45) is -12.7. The van der Waals surface area contributed by atoms with Gasteiger partial charge in [0, 0.05) is 0 Å². The third-order valence-corrected chi connectivity index (χ3v) is 4.07. The average Bonchev–Trinajstić information content (AvgIpc) is 2.80. The number of aliphatic hydroxyl groups excluding tert-OH is 8. The van der Waals surface area contributed by atoms with Gasteiger partial charge in [-0.1, -0.05) is 0 Å². The molecule has 9 atom stereocenters. The van der Waals surface area contributed by atoms with Gasteiger partial charge in [-0.15, -0.1) is 0 Å². The summed E-state index contributed by atoms with van der Waals surface area (Å²) in [6.45, 7) is -2.32. The zero-order chi connectivity index (χ0) is 17.4. The predicted octanol–water partition coefficient (Wildman–Crippen LogP) is -5.40. The van der Waals surface area contributed by atoms with Crippen LogP contribution in [0.1, 0.15) is 0 Å². The fourth-order valence-electron chi connectivity index (χ4n) is 2.63. The van der Waals surface area contributed by atoms with E-state index in [1.165, 1.54) is 0 Å². The van der Waals surface area contributed by atoms with E-state index in [1.807, 2.05) is 0 Å². The van der Waals surface area contributed by atoms with E-state index < -0.39 is 74.6 Å². The minimum atomic E-state index is -2.22. The summed E-state index contributed by atoms with van der Waals surface area (Å²) < 4.78 is 15.4. The van der Waals surface area contributed by atoms with Gasteiger partial charge in [0.15, 0.2) is 6.29 Å². The van der Waals surface area contributed by atoms with Crippen molar-refractivity contribution >= 4 is 0 Å². The van der Waals surface area contributed by atoms with E-state index >= 15 is 0 Å². The Balaban J connectivity index is 0.00000288. The van der Waals surface area contributed by atoms with Crippen LogP contribution in [-0.4, -0.2) is 115 Å². The molecule has 0 spiro atoms. The fourth-order valence-corrected chi connectivity index (χ4v) is 2.63. The van der Waals surface area contributed by atoms with Gasteiger partial charge in [0.25, 0.3) is 0 Å². The van der Waals surface area contributed by atoms with Crippen LogP contribution in [0.4, 0.5) is 0 Å². The Morgan fingerprint density at radius 2 is 1.38 bits per heavy atom. The van der Waals surface area contributed by atoms with Gasteiger partial charge in [0.05, 0.1) is 13.2 Å². The Hall–Kier alpha value is 0.0795. The molecule has 0 aromatic carbocycles. The van der Waals surface area contributed by atoms with Crippen LogP contribution in [0.15, 0.2) is 0 Å². The molecule has 2 saturated heterocycles. The molecule has 11 nitrogen and oxygen atoms in total. The second-order valence-electron chi connectivity index (χ2n) is 5.56. The van der Waals surface area contributed by atoms with Gasteiger partial charge >= 0.3 is 17.1 Å². The summed E-state index contributed by atoms with van der Waals surface area (Å²) in [5.41, 5.74) is 0. The summed E-state index contributed by atoms with van der Waals surface area (Å²) in [5.74, 6) is -2.22. The third-order valence-electron chi connectivity index (χ3n) is 4.07. The summed E-state index contributed by atoms with van der Waals surface area (Å²) in [4.78, 5) is 0. The monoisotopic (exact) mass is 398 g/mol. The SMILES string of the molecule is OC[C@H]1O[C@@](CO)(O[C@H]2O[C@H](CO)[C@@H](O)[C@H](O)[C@H]2O)[C@@H](O)[C@@H]1O.[Fe+3]. The molecule has 24 heavy (non-hydrogen) atoms. The number of hydrogen-bond acceptors (Lipinski definition) is 11. The topological polar surface area (TPSA) is 190 Å². The van der Waals surface area contributed by atoms with Crippen molar-refractivity contribution in [2.24, 2.45) is 0 Å². The molecule has 0 bridgehead atoms. The second kappa shape index (κ2) is 8.64. The van der Waals surface area contributed by atoms with Gasteiger partial charge in [-0.05, 0) is 0 Å². The zero-order valence-corrected chi connectivity index (χ0v) is 13.5. The van der Waals surface area contributed by atoms with Crippen molar-refractivity contribution in [3.8, 4) is 0 Å². The summed E-state index contributed by atoms with van der Waals surface area (Å²) in [7, 11) is 0. The van der Waals surface area contributed by atoms with Crippen LogP contribution in [0.2, 0.25) is 0 Å². The first kappa shape index (κ1) is 22.1. The maximum atomic E-state index is 10.00. The number of aliphatic hydroxyl groups is 8. The number of ether oxygens (including phenoxy) is 3. The molecule has 0 saturated carbocycles. The molecule has 141 valence electrons. The van der Waals surface area contributed by atoms with E-state index in [9.17, 15) is 30.6 Å². The van der Waals surface area contributed by atoms with Crippen LogP contribution >= 0.6 is 0 Å². The van der Waals surface area contributed by atoms with Crippen LogP contribution in [-0.2, 0) is 31.3 Å². The summed E-state index contributed by atoms with van der Waals surface area (Å²) in [5, 5.41) is 76.7. The Morgan fingerprint density at radius 3 is 1.83 bits per heavy atom. The summed E-state index contributed by atoms with van der Waals surface area (Å²) in [6, 6.07) is 0. The van der Waals surface area contributed by atoms with E-state index in [2.05, 4.69) is 0 Å². The van der Waals surface area contributed by atoms with Gasteiger partial charge in [-0.2, -0.15) is 0 Å². The van der Waals surface area contributed by atoms with Crippen molar-refractivity contribution in [3.63, 3.8) is 0 Å². The van der Waals surface area contributed by atoms with Crippen molar-refractivity contribution in [2.45, 2.75) is 54.8 Å². The predicted molar refractivity (Wildman–Crippen MR) is 68.6 cm³/mol. The van der Waals surface area contributed by atoms with Crippen LogP contribution in [0, 0.1) is 0 Å². The Morgan fingerprint density at radius 1 is 0.792 bits per heavy atom. The van der Waals surface area contributed by atoms with Crippen LogP contribution in [0.25, 0.3) is 0 Å². The molecular weight excluding hydrogens is 376 g/mol. The molecule has 8 N–H and O–H groups in total. The van der Waals surface area contributed by atoms with Crippen LogP contribution in [0.5, 0.6) is 0 Å². The molecule has 0 aromatic heterocycles. The van der Waals surface area contributed by atoms with Crippen LogP contribution in [0.3, 0.4) is 0 Å². The minimum absolute atomic E-state index is 0. The number of hydrogen-bond donors (Lipinski definition) is 8. The van der Waals surface area contributed by atoms with E-state index in [1.54, 1.807) is 0 Å². The van der Waals surface area contributed by atoms with Gasteiger partial charge < -0.3 is 55.1 Å². The average molecular weight is 398 g/mol. The van der Waals surface area contributed by atoms with E-state index in [-0.39, 0.29) is 17.1 Å². The Bertz CT molecular complexity index is 399.